The zero-order valence-corrected chi connectivity index (χ0v) is 10.9. The Morgan fingerprint density at radius 3 is 2.75 bits per heavy atom. The summed E-state index contributed by atoms with van der Waals surface area (Å²) in [5, 5.41) is 12.2. The Bertz CT molecular complexity index is 358. The molecule has 0 saturated carbocycles. The zero-order valence-electron chi connectivity index (χ0n) is 10.0. The minimum absolute atomic E-state index is 0.429. The largest absolute Gasteiger partial charge is 0.477 e. The Hall–Kier alpha value is -0.870. The molecule has 0 atom stereocenters. The number of nitrogens with one attached hydrogen (secondary N) is 1. The average molecular weight is 241 g/mol. The fourth-order valence-electron chi connectivity index (χ4n) is 1.41. The molecule has 0 fully saturated rings. The second kappa shape index (κ2) is 6.01. The monoisotopic (exact) mass is 241 g/mol. The van der Waals surface area contributed by atoms with Gasteiger partial charge in [0.15, 0.2) is 0 Å². The SMILES string of the molecule is Cc1sc(C(=O)O)cc1CNCCC(C)C. The molecule has 0 aromatic carbocycles. The molecule has 16 heavy (non-hydrogen) atoms. The van der Waals surface area contributed by atoms with E-state index in [1.807, 2.05) is 6.92 Å². The summed E-state index contributed by atoms with van der Waals surface area (Å²) in [4.78, 5) is 12.3. The van der Waals surface area contributed by atoms with Crippen LogP contribution in [0.3, 0.4) is 0 Å². The molecule has 0 spiro atoms. The van der Waals surface area contributed by atoms with Gasteiger partial charge in [0.25, 0.3) is 0 Å². The van der Waals surface area contributed by atoms with E-state index in [0.717, 1.165) is 30.0 Å². The third-order valence-electron chi connectivity index (χ3n) is 2.45. The first-order valence-corrected chi connectivity index (χ1v) is 6.35. The first kappa shape index (κ1) is 13.2. The number of thiophene rings is 1. The van der Waals surface area contributed by atoms with Crippen LogP contribution in [0.1, 0.15) is 40.4 Å². The zero-order chi connectivity index (χ0) is 12.1. The molecule has 1 aromatic heterocycles. The average Bonchev–Trinajstić information content (AvgIpc) is 2.55. The summed E-state index contributed by atoms with van der Waals surface area (Å²) in [5.41, 5.74) is 1.10. The van der Waals surface area contributed by atoms with Gasteiger partial charge in [0, 0.05) is 11.4 Å². The van der Waals surface area contributed by atoms with Crippen LogP contribution in [0.2, 0.25) is 0 Å². The Labute approximate surface area is 100 Å². The molecule has 1 heterocycles. The lowest BCUT2D eigenvalue weighted by Crippen LogP contribution is -2.16. The molecule has 0 aliphatic rings. The molecule has 0 radical (unpaired) electrons. The van der Waals surface area contributed by atoms with E-state index in [-0.39, 0.29) is 0 Å². The van der Waals surface area contributed by atoms with Crippen LogP contribution in [0.25, 0.3) is 0 Å². The van der Waals surface area contributed by atoms with E-state index in [9.17, 15) is 4.79 Å². The van der Waals surface area contributed by atoms with Crippen LogP contribution in [0, 0.1) is 12.8 Å². The quantitative estimate of drug-likeness (QED) is 0.753. The fourth-order valence-corrected chi connectivity index (χ4v) is 2.30. The summed E-state index contributed by atoms with van der Waals surface area (Å²) in [6.45, 7) is 8.11. The Balaban J connectivity index is 2.45. The minimum Gasteiger partial charge on any atom is -0.477 e. The second-order valence-corrected chi connectivity index (χ2v) is 5.61. The molecule has 0 saturated heterocycles. The number of hydrogen-bond acceptors (Lipinski definition) is 3. The summed E-state index contributed by atoms with van der Waals surface area (Å²) < 4.78 is 0. The van der Waals surface area contributed by atoms with Gasteiger partial charge in [0.1, 0.15) is 4.88 Å². The van der Waals surface area contributed by atoms with Gasteiger partial charge < -0.3 is 10.4 Å². The molecule has 0 unspecified atom stereocenters. The third-order valence-corrected chi connectivity index (χ3v) is 3.53. The van der Waals surface area contributed by atoms with Crippen LogP contribution < -0.4 is 5.32 Å². The van der Waals surface area contributed by atoms with Crippen LogP contribution >= 0.6 is 11.3 Å². The molecular weight excluding hydrogens is 222 g/mol. The first-order valence-electron chi connectivity index (χ1n) is 5.54. The van der Waals surface area contributed by atoms with Crippen LogP contribution in [-0.4, -0.2) is 17.6 Å². The number of carbonyl (C=O) groups is 1. The van der Waals surface area contributed by atoms with Crippen molar-refractivity contribution < 1.29 is 9.90 Å². The van der Waals surface area contributed by atoms with Crippen molar-refractivity contribution in [3.63, 3.8) is 0 Å². The van der Waals surface area contributed by atoms with Crippen molar-refractivity contribution in [1.82, 2.24) is 5.32 Å². The molecular formula is C12H19NO2S. The molecule has 0 aliphatic heterocycles. The van der Waals surface area contributed by atoms with Crippen LogP contribution in [-0.2, 0) is 6.54 Å². The lowest BCUT2D eigenvalue weighted by atomic mass is 10.1. The summed E-state index contributed by atoms with van der Waals surface area (Å²) in [5.74, 6) is -0.132. The van der Waals surface area contributed by atoms with Crippen molar-refractivity contribution in [3.05, 3.63) is 21.4 Å². The van der Waals surface area contributed by atoms with Gasteiger partial charge in [-0.3, -0.25) is 0 Å². The maximum absolute atomic E-state index is 10.8. The highest BCUT2D eigenvalue weighted by molar-refractivity contribution is 7.14. The summed E-state index contributed by atoms with van der Waals surface area (Å²) >= 11 is 1.35. The van der Waals surface area contributed by atoms with Gasteiger partial charge in [0.05, 0.1) is 0 Å². The van der Waals surface area contributed by atoms with E-state index in [2.05, 4.69) is 19.2 Å². The van der Waals surface area contributed by atoms with Crippen molar-refractivity contribution in [2.75, 3.05) is 6.54 Å². The van der Waals surface area contributed by atoms with Crippen molar-refractivity contribution in [3.8, 4) is 0 Å². The highest BCUT2D eigenvalue weighted by atomic mass is 32.1. The number of aryl methyl sites for hydroxylation is 1. The number of hydrogen-bond donors (Lipinski definition) is 2. The number of carboxylic acid groups (broad SMARTS) is 1. The van der Waals surface area contributed by atoms with Gasteiger partial charge in [-0.1, -0.05) is 13.8 Å². The number of aromatic carboxylic acids is 1. The van der Waals surface area contributed by atoms with E-state index in [1.54, 1.807) is 6.07 Å². The van der Waals surface area contributed by atoms with E-state index in [0.29, 0.717) is 10.8 Å². The Morgan fingerprint density at radius 2 is 2.25 bits per heavy atom. The summed E-state index contributed by atoms with van der Waals surface area (Å²) in [6, 6.07) is 1.77. The van der Waals surface area contributed by atoms with E-state index < -0.39 is 5.97 Å². The van der Waals surface area contributed by atoms with Gasteiger partial charge in [-0.15, -0.1) is 11.3 Å². The third kappa shape index (κ3) is 3.94. The van der Waals surface area contributed by atoms with Gasteiger partial charge in [-0.05, 0) is 37.4 Å². The predicted molar refractivity (Wildman–Crippen MR) is 67.2 cm³/mol. The summed E-state index contributed by atoms with van der Waals surface area (Å²) in [7, 11) is 0. The lowest BCUT2D eigenvalue weighted by Gasteiger charge is -2.06. The summed E-state index contributed by atoms with van der Waals surface area (Å²) in [6.07, 6.45) is 1.15. The second-order valence-electron chi connectivity index (χ2n) is 4.36. The highest BCUT2D eigenvalue weighted by Crippen LogP contribution is 2.21. The first-order chi connectivity index (χ1) is 7.50. The molecule has 4 heteroatoms. The molecule has 0 aliphatic carbocycles. The van der Waals surface area contributed by atoms with Gasteiger partial charge >= 0.3 is 5.97 Å². The fraction of sp³-hybridized carbons (Fsp3) is 0.583. The molecule has 0 amide bonds. The predicted octanol–water partition coefficient (Wildman–Crippen LogP) is 2.89. The smallest absolute Gasteiger partial charge is 0.345 e. The lowest BCUT2D eigenvalue weighted by molar-refractivity contribution is 0.0702. The molecule has 2 N–H and O–H groups in total. The van der Waals surface area contributed by atoms with Gasteiger partial charge in [-0.25, -0.2) is 4.79 Å². The van der Waals surface area contributed by atoms with Crippen molar-refractivity contribution in [2.24, 2.45) is 5.92 Å². The molecule has 90 valence electrons. The molecule has 0 bridgehead atoms. The van der Waals surface area contributed by atoms with Gasteiger partial charge in [-0.2, -0.15) is 0 Å². The van der Waals surface area contributed by atoms with Crippen LogP contribution in [0.15, 0.2) is 6.07 Å². The maximum atomic E-state index is 10.8. The minimum atomic E-state index is -0.832. The van der Waals surface area contributed by atoms with Crippen molar-refractivity contribution >= 4 is 17.3 Å². The molecule has 3 nitrogen and oxygen atoms in total. The Kier molecular flexibility index (Phi) is 4.96. The maximum Gasteiger partial charge on any atom is 0.345 e. The normalized spacial score (nSPS) is 11.0. The Morgan fingerprint density at radius 1 is 1.56 bits per heavy atom. The van der Waals surface area contributed by atoms with E-state index >= 15 is 0 Å². The number of rotatable bonds is 6. The highest BCUT2D eigenvalue weighted by Gasteiger charge is 2.10. The molecule has 1 aromatic rings. The standard InChI is InChI=1S/C12H19NO2S/c1-8(2)4-5-13-7-10-6-11(12(14)15)16-9(10)3/h6,8,13H,4-5,7H2,1-3H3,(H,14,15). The van der Waals surface area contributed by atoms with Crippen molar-refractivity contribution in [2.45, 2.75) is 33.7 Å². The van der Waals surface area contributed by atoms with Crippen LogP contribution in [0.4, 0.5) is 0 Å². The van der Waals surface area contributed by atoms with Gasteiger partial charge in [0.2, 0.25) is 0 Å². The number of carboxylic acids is 1. The van der Waals surface area contributed by atoms with Crippen molar-refractivity contribution in [1.29, 1.82) is 0 Å². The van der Waals surface area contributed by atoms with Crippen LogP contribution in [0.5, 0.6) is 0 Å². The topological polar surface area (TPSA) is 49.3 Å². The van der Waals surface area contributed by atoms with E-state index in [4.69, 9.17) is 5.11 Å². The molecule has 1 rings (SSSR count). The van der Waals surface area contributed by atoms with E-state index in [1.165, 1.54) is 11.3 Å².